The summed E-state index contributed by atoms with van der Waals surface area (Å²) in [6, 6.07) is 0. The van der Waals surface area contributed by atoms with Crippen molar-refractivity contribution < 1.29 is 19.0 Å². The Morgan fingerprint density at radius 3 is 1.75 bits per heavy atom. The molecular weight excluding hydrogens is 260 g/mol. The summed E-state index contributed by atoms with van der Waals surface area (Å²) in [4.78, 5) is 12.1. The molecule has 4 N–H and O–H groups in total. The summed E-state index contributed by atoms with van der Waals surface area (Å²) < 4.78 is 16.1. The first-order chi connectivity index (χ1) is 9.40. The van der Waals surface area contributed by atoms with Crippen LogP contribution in [-0.2, 0) is 19.0 Å². The summed E-state index contributed by atoms with van der Waals surface area (Å²) >= 11 is 0. The van der Waals surface area contributed by atoms with Gasteiger partial charge in [-0.3, -0.25) is 4.79 Å². The summed E-state index contributed by atoms with van der Waals surface area (Å²) in [5.74, 6) is -0.421. The lowest BCUT2D eigenvalue weighted by molar-refractivity contribution is -0.161. The van der Waals surface area contributed by atoms with Gasteiger partial charge in [0.05, 0.1) is 19.1 Å². The Bertz CT molecular complexity index is 242. The minimum Gasteiger partial charge on any atom is -0.460 e. The van der Waals surface area contributed by atoms with Gasteiger partial charge in [0.15, 0.2) is 0 Å². The van der Waals surface area contributed by atoms with Crippen LogP contribution in [0.1, 0.15) is 33.6 Å². The average Bonchev–Trinajstić information content (AvgIpc) is 2.34. The van der Waals surface area contributed by atoms with Gasteiger partial charge in [0.25, 0.3) is 0 Å². The van der Waals surface area contributed by atoms with Crippen LogP contribution in [0, 0.1) is 5.92 Å². The third kappa shape index (κ3) is 11.2. The molecule has 0 aromatic rings. The number of hydrogen-bond acceptors (Lipinski definition) is 6. The van der Waals surface area contributed by atoms with E-state index in [0.717, 1.165) is 0 Å². The van der Waals surface area contributed by atoms with Crippen LogP contribution in [0.25, 0.3) is 0 Å². The summed E-state index contributed by atoms with van der Waals surface area (Å²) in [7, 11) is 0. The van der Waals surface area contributed by atoms with E-state index in [4.69, 9.17) is 25.7 Å². The van der Waals surface area contributed by atoms with Crippen LogP contribution >= 0.6 is 0 Å². The highest BCUT2D eigenvalue weighted by molar-refractivity contribution is 5.72. The fraction of sp³-hybridized carbons (Fsp3) is 0.929. The van der Waals surface area contributed by atoms with Crippen molar-refractivity contribution in [1.82, 2.24) is 0 Å². The molecule has 0 rings (SSSR count). The quantitative estimate of drug-likeness (QED) is 0.429. The van der Waals surface area contributed by atoms with Crippen molar-refractivity contribution >= 4 is 5.97 Å². The van der Waals surface area contributed by atoms with Gasteiger partial charge in [0.1, 0.15) is 5.60 Å². The molecule has 0 saturated heterocycles. The Hall–Kier alpha value is -0.690. The second kappa shape index (κ2) is 11.0. The largest absolute Gasteiger partial charge is 0.460 e. The summed E-state index contributed by atoms with van der Waals surface area (Å²) in [6.07, 6.45) is 1.22. The van der Waals surface area contributed by atoms with Gasteiger partial charge in [-0.2, -0.15) is 0 Å². The molecule has 0 radical (unpaired) electrons. The molecule has 6 heteroatoms. The Morgan fingerprint density at radius 2 is 1.40 bits per heavy atom. The molecule has 0 saturated carbocycles. The maximum Gasteiger partial charge on any atom is 0.309 e. The smallest absolute Gasteiger partial charge is 0.309 e. The van der Waals surface area contributed by atoms with Crippen LogP contribution in [0.4, 0.5) is 0 Å². The maximum absolute atomic E-state index is 12.1. The van der Waals surface area contributed by atoms with Crippen molar-refractivity contribution in [3.63, 3.8) is 0 Å². The molecule has 0 aromatic heterocycles. The predicted molar refractivity (Wildman–Crippen MR) is 78.3 cm³/mol. The maximum atomic E-state index is 12.1. The molecule has 0 aromatic carbocycles. The molecule has 0 bridgehead atoms. The molecule has 0 unspecified atom stereocenters. The van der Waals surface area contributed by atoms with Crippen molar-refractivity contribution in [1.29, 1.82) is 0 Å². The van der Waals surface area contributed by atoms with Crippen LogP contribution < -0.4 is 11.5 Å². The van der Waals surface area contributed by atoms with E-state index in [1.54, 1.807) is 0 Å². The minimum atomic E-state index is -0.481. The van der Waals surface area contributed by atoms with E-state index < -0.39 is 5.60 Å². The molecule has 20 heavy (non-hydrogen) atoms. The number of esters is 1. The molecule has 0 aliphatic heterocycles. The average molecular weight is 290 g/mol. The lowest BCUT2D eigenvalue weighted by Crippen LogP contribution is -2.30. The zero-order valence-corrected chi connectivity index (χ0v) is 13.0. The van der Waals surface area contributed by atoms with Crippen molar-refractivity contribution in [2.75, 3.05) is 39.5 Å². The highest BCUT2D eigenvalue weighted by atomic mass is 16.6. The standard InChI is InChI=1S/C14H30N2O4/c1-14(2,3)20-13(17)12(4-8-18-10-6-15)5-9-19-11-7-16/h12H,4-11,15-16H2,1-3H3. The number of ether oxygens (including phenoxy) is 3. The van der Waals surface area contributed by atoms with E-state index in [2.05, 4.69) is 0 Å². The van der Waals surface area contributed by atoms with Gasteiger partial charge in [0.2, 0.25) is 0 Å². The van der Waals surface area contributed by atoms with E-state index in [1.807, 2.05) is 20.8 Å². The molecular formula is C14H30N2O4. The predicted octanol–water partition coefficient (Wildman–Crippen LogP) is 0.675. The normalized spacial score (nSPS) is 11.9. The first-order valence-electron chi connectivity index (χ1n) is 7.19. The van der Waals surface area contributed by atoms with E-state index in [9.17, 15) is 4.79 Å². The van der Waals surface area contributed by atoms with Crippen LogP contribution in [0.15, 0.2) is 0 Å². The van der Waals surface area contributed by atoms with Gasteiger partial charge >= 0.3 is 5.97 Å². The molecule has 0 aliphatic rings. The Balaban J connectivity index is 4.18. The fourth-order valence-corrected chi connectivity index (χ4v) is 1.59. The van der Waals surface area contributed by atoms with Gasteiger partial charge in [-0.05, 0) is 33.6 Å². The fourth-order valence-electron chi connectivity index (χ4n) is 1.59. The highest BCUT2D eigenvalue weighted by Gasteiger charge is 2.24. The second-order valence-electron chi connectivity index (χ2n) is 5.61. The van der Waals surface area contributed by atoms with E-state index in [0.29, 0.717) is 52.4 Å². The number of carbonyl (C=O) groups excluding carboxylic acids is 1. The topological polar surface area (TPSA) is 96.8 Å². The number of carbonyl (C=O) groups is 1. The molecule has 0 spiro atoms. The van der Waals surface area contributed by atoms with Gasteiger partial charge in [-0.1, -0.05) is 0 Å². The van der Waals surface area contributed by atoms with E-state index >= 15 is 0 Å². The van der Waals surface area contributed by atoms with Crippen molar-refractivity contribution in [3.05, 3.63) is 0 Å². The van der Waals surface area contributed by atoms with E-state index in [-0.39, 0.29) is 11.9 Å². The molecule has 0 heterocycles. The molecule has 120 valence electrons. The molecule has 6 nitrogen and oxygen atoms in total. The Labute approximate surface area is 122 Å². The lowest BCUT2D eigenvalue weighted by Gasteiger charge is -2.24. The Morgan fingerprint density at radius 1 is 0.950 bits per heavy atom. The number of rotatable bonds is 11. The zero-order valence-electron chi connectivity index (χ0n) is 13.0. The monoisotopic (exact) mass is 290 g/mol. The number of nitrogens with two attached hydrogens (primary N) is 2. The third-order valence-electron chi connectivity index (χ3n) is 2.49. The molecule has 0 aliphatic carbocycles. The minimum absolute atomic E-state index is 0.204. The third-order valence-corrected chi connectivity index (χ3v) is 2.49. The van der Waals surface area contributed by atoms with Crippen LogP contribution in [0.2, 0.25) is 0 Å². The van der Waals surface area contributed by atoms with E-state index in [1.165, 1.54) is 0 Å². The molecule has 0 fully saturated rings. The first-order valence-corrected chi connectivity index (χ1v) is 7.19. The first kappa shape index (κ1) is 19.3. The molecule has 0 atom stereocenters. The number of hydrogen-bond donors (Lipinski definition) is 2. The van der Waals surface area contributed by atoms with Crippen molar-refractivity contribution in [2.24, 2.45) is 17.4 Å². The van der Waals surface area contributed by atoms with Gasteiger partial charge in [-0.25, -0.2) is 0 Å². The second-order valence-corrected chi connectivity index (χ2v) is 5.61. The zero-order chi connectivity index (χ0) is 15.4. The molecule has 0 amide bonds. The summed E-state index contributed by atoms with van der Waals surface area (Å²) in [5, 5.41) is 0. The SMILES string of the molecule is CC(C)(C)OC(=O)C(CCOCCN)CCOCCN. The Kier molecular flexibility index (Phi) is 10.6. The van der Waals surface area contributed by atoms with Gasteiger partial charge in [-0.15, -0.1) is 0 Å². The van der Waals surface area contributed by atoms with Crippen LogP contribution in [0.5, 0.6) is 0 Å². The van der Waals surface area contributed by atoms with Crippen LogP contribution in [-0.4, -0.2) is 51.1 Å². The van der Waals surface area contributed by atoms with Gasteiger partial charge in [0, 0.05) is 26.3 Å². The van der Waals surface area contributed by atoms with Gasteiger partial charge < -0.3 is 25.7 Å². The van der Waals surface area contributed by atoms with Crippen LogP contribution in [0.3, 0.4) is 0 Å². The lowest BCUT2D eigenvalue weighted by atomic mass is 10.0. The summed E-state index contributed by atoms with van der Waals surface area (Å²) in [5.41, 5.74) is 10.2. The van der Waals surface area contributed by atoms with Crippen molar-refractivity contribution in [3.8, 4) is 0 Å². The summed E-state index contributed by atoms with van der Waals surface area (Å²) in [6.45, 7) is 8.55. The van der Waals surface area contributed by atoms with Crippen molar-refractivity contribution in [2.45, 2.75) is 39.2 Å². The highest BCUT2D eigenvalue weighted by Crippen LogP contribution is 2.17.